The molecule has 0 aliphatic carbocycles. The second-order valence-corrected chi connectivity index (χ2v) is 15.9. The fraction of sp³-hybridized carbons (Fsp3) is 0. The van der Waals surface area contributed by atoms with Crippen LogP contribution in [-0.2, 0) is 0 Å². The van der Waals surface area contributed by atoms with E-state index < -0.39 is 0 Å². The zero-order valence-corrected chi connectivity index (χ0v) is 31.6. The Morgan fingerprint density at radius 3 is 1.89 bits per heavy atom. The van der Waals surface area contributed by atoms with E-state index in [4.69, 9.17) is 4.42 Å². The van der Waals surface area contributed by atoms with Crippen LogP contribution in [0.25, 0.3) is 96.7 Å². The minimum absolute atomic E-state index is 0.873. The molecule has 0 N–H and O–H groups in total. The highest BCUT2D eigenvalue weighted by Crippen LogP contribution is 2.48. The zero-order chi connectivity index (χ0) is 37.5. The van der Waals surface area contributed by atoms with Gasteiger partial charge in [0.25, 0.3) is 0 Å². The molecule has 12 rings (SSSR count). The quantitative estimate of drug-likeness (QED) is 0.163. The maximum absolute atomic E-state index is 6.88. The third-order valence-corrected chi connectivity index (χ3v) is 12.8. The Bertz CT molecular complexity index is 3530. The molecule has 0 bridgehead atoms. The van der Waals surface area contributed by atoms with Gasteiger partial charge in [0.1, 0.15) is 11.2 Å². The first kappa shape index (κ1) is 32.1. The lowest BCUT2D eigenvalue weighted by molar-refractivity contribution is 0.670. The van der Waals surface area contributed by atoms with Crippen LogP contribution in [0.4, 0.5) is 17.1 Å². The van der Waals surface area contributed by atoms with Crippen molar-refractivity contribution >= 4 is 103 Å². The molecule has 0 amide bonds. The molecule has 0 fully saturated rings. The second kappa shape index (κ2) is 12.7. The number of furan rings is 1. The molecule has 0 saturated heterocycles. The number of hydrogen-bond donors (Lipinski definition) is 0. The lowest BCUT2D eigenvalue weighted by Crippen LogP contribution is -2.10. The number of benzene rings is 10. The van der Waals surface area contributed by atoms with Gasteiger partial charge in [-0.15, -0.1) is 11.3 Å². The van der Waals surface area contributed by atoms with Gasteiger partial charge >= 0.3 is 0 Å². The van der Waals surface area contributed by atoms with Gasteiger partial charge in [-0.3, -0.25) is 0 Å². The lowest BCUT2D eigenvalue weighted by Gasteiger charge is -2.27. The van der Waals surface area contributed by atoms with E-state index in [0.29, 0.717) is 0 Å². The zero-order valence-electron chi connectivity index (χ0n) is 30.8. The number of fused-ring (bicyclic) bond motifs is 10. The van der Waals surface area contributed by atoms with Crippen molar-refractivity contribution in [2.75, 3.05) is 4.90 Å². The fourth-order valence-electron chi connectivity index (χ4n) is 8.94. The number of rotatable bonds is 5. The predicted molar refractivity (Wildman–Crippen MR) is 245 cm³/mol. The van der Waals surface area contributed by atoms with Gasteiger partial charge < -0.3 is 9.32 Å². The van der Waals surface area contributed by atoms with Gasteiger partial charge in [-0.1, -0.05) is 140 Å². The summed E-state index contributed by atoms with van der Waals surface area (Å²) in [5, 5.41) is 12.2. The molecule has 0 atom stereocenters. The summed E-state index contributed by atoms with van der Waals surface area (Å²) >= 11 is 1.86. The number of anilines is 3. The van der Waals surface area contributed by atoms with Gasteiger partial charge in [-0.2, -0.15) is 0 Å². The third-order valence-electron chi connectivity index (χ3n) is 11.6. The first-order valence-corrected chi connectivity index (χ1v) is 20.2. The third kappa shape index (κ3) is 5.10. The summed E-state index contributed by atoms with van der Waals surface area (Å²) in [6.45, 7) is 0. The van der Waals surface area contributed by atoms with E-state index in [-0.39, 0.29) is 0 Å². The normalized spacial score (nSPS) is 11.9. The van der Waals surface area contributed by atoms with Gasteiger partial charge in [0, 0.05) is 42.5 Å². The highest BCUT2D eigenvalue weighted by atomic mass is 32.1. The monoisotopic (exact) mass is 743 g/mol. The molecule has 0 aliphatic heterocycles. The molecule has 0 unspecified atom stereocenters. The van der Waals surface area contributed by atoms with Crippen LogP contribution in [0.15, 0.2) is 205 Å². The Balaban J connectivity index is 1.08. The predicted octanol–water partition coefficient (Wildman–Crippen LogP) is 16.2. The average Bonchev–Trinajstić information content (AvgIpc) is 3.85. The first-order valence-electron chi connectivity index (χ1n) is 19.4. The molecule has 266 valence electrons. The van der Waals surface area contributed by atoms with E-state index in [0.717, 1.165) is 50.1 Å². The van der Waals surface area contributed by atoms with Crippen molar-refractivity contribution in [2.45, 2.75) is 0 Å². The molecule has 0 spiro atoms. The lowest BCUT2D eigenvalue weighted by atomic mass is 9.95. The van der Waals surface area contributed by atoms with E-state index in [1.54, 1.807) is 0 Å². The summed E-state index contributed by atoms with van der Waals surface area (Å²) in [6.07, 6.45) is 0. The molecule has 0 radical (unpaired) electrons. The minimum atomic E-state index is 0.873. The molecule has 0 aliphatic rings. The minimum Gasteiger partial charge on any atom is -0.455 e. The van der Waals surface area contributed by atoms with Gasteiger partial charge in [-0.25, -0.2) is 0 Å². The summed E-state index contributed by atoms with van der Waals surface area (Å²) in [4.78, 5) is 2.41. The van der Waals surface area contributed by atoms with Crippen LogP contribution < -0.4 is 4.90 Å². The highest BCUT2D eigenvalue weighted by Gasteiger charge is 2.23. The van der Waals surface area contributed by atoms with Crippen LogP contribution in [0.5, 0.6) is 0 Å². The summed E-state index contributed by atoms with van der Waals surface area (Å²) in [5.41, 5.74) is 9.62. The smallest absolute Gasteiger partial charge is 0.145 e. The van der Waals surface area contributed by atoms with Crippen LogP contribution in [-0.4, -0.2) is 0 Å². The van der Waals surface area contributed by atoms with Crippen molar-refractivity contribution < 1.29 is 4.42 Å². The Morgan fingerprint density at radius 2 is 1.02 bits per heavy atom. The maximum atomic E-state index is 6.88. The molecular weight excluding hydrogens is 711 g/mol. The van der Waals surface area contributed by atoms with Crippen molar-refractivity contribution in [1.29, 1.82) is 0 Å². The van der Waals surface area contributed by atoms with E-state index in [9.17, 15) is 0 Å². The largest absolute Gasteiger partial charge is 0.455 e. The number of thiophene rings is 1. The Morgan fingerprint density at radius 1 is 0.368 bits per heavy atom. The second-order valence-electron chi connectivity index (χ2n) is 14.8. The van der Waals surface area contributed by atoms with Gasteiger partial charge in [-0.05, 0) is 110 Å². The van der Waals surface area contributed by atoms with Gasteiger partial charge in [0.15, 0.2) is 0 Å². The van der Waals surface area contributed by atoms with Gasteiger partial charge in [0.05, 0.1) is 11.1 Å². The molecule has 2 aromatic heterocycles. The summed E-state index contributed by atoms with van der Waals surface area (Å²) < 4.78 is 9.52. The summed E-state index contributed by atoms with van der Waals surface area (Å²) in [5.74, 6) is 0. The maximum Gasteiger partial charge on any atom is 0.145 e. The summed E-state index contributed by atoms with van der Waals surface area (Å²) in [6, 6.07) is 72.8. The van der Waals surface area contributed by atoms with Crippen LogP contribution in [0.2, 0.25) is 0 Å². The van der Waals surface area contributed by atoms with Crippen LogP contribution >= 0.6 is 11.3 Å². The Kier molecular flexibility index (Phi) is 7.13. The van der Waals surface area contributed by atoms with Crippen LogP contribution in [0.1, 0.15) is 0 Å². The number of nitrogens with zero attached hydrogens (tertiary/aromatic N) is 1. The first-order chi connectivity index (χ1) is 28.2. The Labute approximate surface area is 333 Å². The number of hydrogen-bond acceptors (Lipinski definition) is 3. The van der Waals surface area contributed by atoms with Crippen molar-refractivity contribution in [3.05, 3.63) is 200 Å². The van der Waals surface area contributed by atoms with E-state index in [2.05, 4.69) is 205 Å². The van der Waals surface area contributed by atoms with E-state index in [1.165, 1.54) is 63.6 Å². The van der Waals surface area contributed by atoms with Gasteiger partial charge in [0.2, 0.25) is 0 Å². The number of para-hydroxylation sites is 1. The van der Waals surface area contributed by atoms with Crippen molar-refractivity contribution in [2.24, 2.45) is 0 Å². The average molecular weight is 744 g/mol. The highest BCUT2D eigenvalue weighted by molar-refractivity contribution is 7.25. The van der Waals surface area contributed by atoms with Crippen molar-refractivity contribution in [3.8, 4) is 22.3 Å². The van der Waals surface area contributed by atoms with Crippen molar-refractivity contribution in [1.82, 2.24) is 0 Å². The van der Waals surface area contributed by atoms with E-state index in [1.807, 2.05) is 11.3 Å². The van der Waals surface area contributed by atoms with Crippen molar-refractivity contribution in [3.63, 3.8) is 0 Å². The van der Waals surface area contributed by atoms with E-state index >= 15 is 0 Å². The van der Waals surface area contributed by atoms with Crippen LogP contribution in [0, 0.1) is 0 Å². The fourth-order valence-corrected chi connectivity index (χ4v) is 10.0. The van der Waals surface area contributed by atoms with Crippen LogP contribution in [0.3, 0.4) is 0 Å². The molecule has 12 aromatic rings. The molecule has 2 heterocycles. The SMILES string of the molecule is c1ccc2c(-c3ccc(N(c4ccc(-c5ccc6sc7ccccc7c6c5)cc4)c4ccc5c(ccc6ccccc65)c4)c4c3oc3ccccc34)cccc2c1. The molecule has 0 saturated carbocycles. The molecular formula is C54H33NOS. The standard InChI is InChI=1S/C54H33NOS/c1-4-14-42-35(10-1)12-9-17-44(42)46-29-30-49(53-47-16-5-7-18-50(47)56-54(46)53)55(40-27-28-43-38(32-40)21-20-36-11-2-3-13-41(36)43)39-25-22-34(23-26-39)37-24-31-52-48(33-37)45-15-6-8-19-51(45)57-52/h1-33H. The Hall–Kier alpha value is -7.20. The topological polar surface area (TPSA) is 16.4 Å². The molecule has 3 heteroatoms. The molecule has 10 aromatic carbocycles. The molecule has 2 nitrogen and oxygen atoms in total. The summed E-state index contributed by atoms with van der Waals surface area (Å²) in [7, 11) is 0. The molecule has 57 heavy (non-hydrogen) atoms.